The molecule has 0 N–H and O–H groups in total. The summed E-state index contributed by atoms with van der Waals surface area (Å²) >= 11 is 5.63. The largest absolute Gasteiger partial charge is 0.275 e. The molecule has 0 radical (unpaired) electrons. The van der Waals surface area contributed by atoms with Gasteiger partial charge in [-0.25, -0.2) is 0 Å². The van der Waals surface area contributed by atoms with Gasteiger partial charge in [0.2, 0.25) is 0 Å². The maximum absolute atomic E-state index is 5.63. The maximum Gasteiger partial charge on any atom is 0.0668 e. The summed E-state index contributed by atoms with van der Waals surface area (Å²) in [5, 5.41) is 4.18. The van der Waals surface area contributed by atoms with E-state index in [2.05, 4.69) is 11.7 Å². The van der Waals surface area contributed by atoms with Crippen LogP contribution in [0.5, 0.6) is 0 Å². The molecule has 1 rings (SSSR count). The Morgan fingerprint density at radius 3 is 2.82 bits per heavy atom. The Balaban J connectivity index is 3.03. The molecule has 0 atom stereocenters. The van der Waals surface area contributed by atoms with Crippen LogP contribution in [0.3, 0.4) is 0 Å². The molecule has 1 aromatic heterocycles. The van der Waals surface area contributed by atoms with Gasteiger partial charge < -0.3 is 0 Å². The van der Waals surface area contributed by atoms with E-state index in [9.17, 15) is 0 Å². The Kier molecular flexibility index (Phi) is 2.35. The Labute approximate surface area is 71.5 Å². The lowest BCUT2D eigenvalue weighted by Gasteiger charge is -1.95. The number of hydrogen-bond acceptors (Lipinski definition) is 1. The third-order valence-electron chi connectivity index (χ3n) is 1.56. The molecule has 3 heteroatoms. The lowest BCUT2D eigenvalue weighted by atomic mass is 10.1. The quantitative estimate of drug-likeness (QED) is 0.621. The van der Waals surface area contributed by atoms with Crippen molar-refractivity contribution in [2.24, 2.45) is 7.05 Å². The van der Waals surface area contributed by atoms with Crippen molar-refractivity contribution in [1.29, 1.82) is 0 Å². The lowest BCUT2D eigenvalue weighted by Crippen LogP contribution is -1.86. The van der Waals surface area contributed by atoms with Gasteiger partial charge in [-0.1, -0.05) is 6.58 Å². The van der Waals surface area contributed by atoms with Crippen LogP contribution in [-0.4, -0.2) is 15.7 Å². The molecule has 0 amide bonds. The van der Waals surface area contributed by atoms with Crippen LogP contribution in [0.1, 0.15) is 11.3 Å². The van der Waals surface area contributed by atoms with E-state index < -0.39 is 0 Å². The van der Waals surface area contributed by atoms with E-state index >= 15 is 0 Å². The van der Waals surface area contributed by atoms with E-state index in [1.807, 2.05) is 20.2 Å². The van der Waals surface area contributed by atoms with E-state index in [1.165, 1.54) is 0 Å². The molecule has 1 heterocycles. The highest BCUT2D eigenvalue weighted by Gasteiger charge is 2.04. The zero-order valence-electron chi connectivity index (χ0n) is 6.76. The molecule has 1 aromatic rings. The predicted molar refractivity (Wildman–Crippen MR) is 47.7 cm³/mol. The highest BCUT2D eigenvalue weighted by Crippen LogP contribution is 2.16. The first-order valence-electron chi connectivity index (χ1n) is 3.39. The summed E-state index contributed by atoms with van der Waals surface area (Å²) in [6.45, 7) is 5.78. The van der Waals surface area contributed by atoms with E-state index in [4.69, 9.17) is 11.6 Å². The molecule has 0 saturated heterocycles. The second kappa shape index (κ2) is 3.09. The van der Waals surface area contributed by atoms with Crippen LogP contribution in [-0.2, 0) is 7.05 Å². The molecule has 0 saturated carbocycles. The summed E-state index contributed by atoms with van der Waals surface area (Å²) < 4.78 is 1.77. The fourth-order valence-electron chi connectivity index (χ4n) is 1.02. The number of aryl methyl sites for hydroxylation is 2. The molecule has 0 bridgehead atoms. The van der Waals surface area contributed by atoms with Crippen LogP contribution in [0.25, 0.3) is 5.57 Å². The zero-order valence-corrected chi connectivity index (χ0v) is 7.52. The van der Waals surface area contributed by atoms with Gasteiger partial charge in [0, 0.05) is 24.7 Å². The van der Waals surface area contributed by atoms with Crippen molar-refractivity contribution in [1.82, 2.24) is 9.78 Å². The molecule has 2 nitrogen and oxygen atoms in total. The van der Waals surface area contributed by atoms with Crippen LogP contribution in [0.15, 0.2) is 12.8 Å². The standard InChI is InChI=1S/C8H11ClN2/c1-6(4-9)8-5-11(3)10-7(8)2/h5H,1,4H2,2-3H3. The fraction of sp³-hybridized carbons (Fsp3) is 0.375. The Hall–Kier alpha value is -0.760. The zero-order chi connectivity index (χ0) is 8.43. The average molecular weight is 171 g/mol. The summed E-state index contributed by atoms with van der Waals surface area (Å²) in [7, 11) is 1.89. The maximum atomic E-state index is 5.63. The smallest absolute Gasteiger partial charge is 0.0668 e. The summed E-state index contributed by atoms with van der Waals surface area (Å²) in [4.78, 5) is 0. The van der Waals surface area contributed by atoms with Crippen molar-refractivity contribution in [3.63, 3.8) is 0 Å². The van der Waals surface area contributed by atoms with Gasteiger partial charge in [-0.15, -0.1) is 11.6 Å². The van der Waals surface area contributed by atoms with Crippen LogP contribution >= 0.6 is 11.6 Å². The van der Waals surface area contributed by atoms with Crippen LogP contribution in [0.2, 0.25) is 0 Å². The van der Waals surface area contributed by atoms with Gasteiger partial charge in [0.1, 0.15) is 0 Å². The molecule has 0 unspecified atom stereocenters. The molecular weight excluding hydrogens is 160 g/mol. The molecular formula is C8H11ClN2. The van der Waals surface area contributed by atoms with Crippen molar-refractivity contribution < 1.29 is 0 Å². The monoisotopic (exact) mass is 170 g/mol. The molecule has 0 aliphatic heterocycles. The summed E-state index contributed by atoms with van der Waals surface area (Å²) in [6.07, 6.45) is 1.93. The SMILES string of the molecule is C=C(CCl)c1cn(C)nc1C. The van der Waals surface area contributed by atoms with Gasteiger partial charge in [-0.2, -0.15) is 5.10 Å². The molecule has 0 aliphatic carbocycles. The molecule has 60 valence electrons. The third-order valence-corrected chi connectivity index (χ3v) is 1.88. The number of hydrogen-bond donors (Lipinski definition) is 0. The minimum atomic E-state index is 0.465. The van der Waals surface area contributed by atoms with E-state index in [0.717, 1.165) is 16.8 Å². The topological polar surface area (TPSA) is 17.8 Å². The van der Waals surface area contributed by atoms with Crippen LogP contribution in [0, 0.1) is 6.92 Å². The van der Waals surface area contributed by atoms with E-state index in [1.54, 1.807) is 4.68 Å². The summed E-state index contributed by atoms with van der Waals surface area (Å²) in [5.74, 6) is 0.465. The van der Waals surface area contributed by atoms with Crippen LogP contribution in [0.4, 0.5) is 0 Å². The van der Waals surface area contributed by atoms with Gasteiger partial charge in [0.05, 0.1) is 5.69 Å². The summed E-state index contributed by atoms with van der Waals surface area (Å²) in [6, 6.07) is 0. The van der Waals surface area contributed by atoms with Crippen molar-refractivity contribution in [2.75, 3.05) is 5.88 Å². The number of rotatable bonds is 2. The number of nitrogens with zero attached hydrogens (tertiary/aromatic N) is 2. The average Bonchev–Trinajstić information content (AvgIpc) is 2.28. The van der Waals surface area contributed by atoms with Gasteiger partial charge in [0.15, 0.2) is 0 Å². The van der Waals surface area contributed by atoms with Crippen molar-refractivity contribution in [3.8, 4) is 0 Å². The second-order valence-electron chi connectivity index (χ2n) is 2.54. The first-order chi connectivity index (χ1) is 5.15. The molecule has 0 spiro atoms. The minimum absolute atomic E-state index is 0.465. The lowest BCUT2D eigenvalue weighted by molar-refractivity contribution is 0.756. The van der Waals surface area contributed by atoms with Crippen molar-refractivity contribution in [3.05, 3.63) is 24.0 Å². The normalized spacial score (nSPS) is 10.1. The number of allylic oxidation sites excluding steroid dienone is 1. The highest BCUT2D eigenvalue weighted by atomic mass is 35.5. The van der Waals surface area contributed by atoms with Crippen LogP contribution < -0.4 is 0 Å². The molecule has 0 fully saturated rings. The minimum Gasteiger partial charge on any atom is -0.275 e. The Bertz CT molecular complexity index is 276. The Morgan fingerprint density at radius 2 is 2.45 bits per heavy atom. The summed E-state index contributed by atoms with van der Waals surface area (Å²) in [5.41, 5.74) is 2.97. The first-order valence-corrected chi connectivity index (χ1v) is 3.93. The number of alkyl halides is 1. The third kappa shape index (κ3) is 1.63. The van der Waals surface area contributed by atoms with Gasteiger partial charge >= 0.3 is 0 Å². The second-order valence-corrected chi connectivity index (χ2v) is 2.81. The van der Waals surface area contributed by atoms with E-state index in [-0.39, 0.29) is 0 Å². The molecule has 11 heavy (non-hydrogen) atoms. The fourth-order valence-corrected chi connectivity index (χ4v) is 1.16. The van der Waals surface area contributed by atoms with E-state index in [0.29, 0.717) is 5.88 Å². The van der Waals surface area contributed by atoms with Gasteiger partial charge in [0.25, 0.3) is 0 Å². The first kappa shape index (κ1) is 8.34. The molecule has 0 aliphatic rings. The molecule has 0 aromatic carbocycles. The van der Waals surface area contributed by atoms with Gasteiger partial charge in [-0.05, 0) is 12.5 Å². The van der Waals surface area contributed by atoms with Crippen molar-refractivity contribution >= 4 is 17.2 Å². The van der Waals surface area contributed by atoms with Crippen molar-refractivity contribution in [2.45, 2.75) is 6.92 Å². The van der Waals surface area contributed by atoms with Gasteiger partial charge in [-0.3, -0.25) is 4.68 Å². The number of halogens is 1. The Morgan fingerprint density at radius 1 is 1.82 bits per heavy atom. The predicted octanol–water partition coefficient (Wildman–Crippen LogP) is 1.98. The number of aromatic nitrogens is 2. The highest BCUT2D eigenvalue weighted by molar-refractivity contribution is 6.23.